The van der Waals surface area contributed by atoms with Gasteiger partial charge in [-0.25, -0.2) is 9.97 Å². The second-order valence-corrected chi connectivity index (χ2v) is 6.15. The Bertz CT molecular complexity index is 801. The molecule has 0 atom stereocenters. The Kier molecular flexibility index (Phi) is 4.23. The number of ether oxygens (including phenoxy) is 1. The minimum Gasteiger partial charge on any atom is -0.476 e. The van der Waals surface area contributed by atoms with E-state index in [1.165, 1.54) is 5.39 Å². The van der Waals surface area contributed by atoms with Crippen molar-refractivity contribution in [3.05, 3.63) is 55.0 Å². The van der Waals surface area contributed by atoms with Crippen LogP contribution in [-0.4, -0.2) is 34.6 Å². The van der Waals surface area contributed by atoms with Gasteiger partial charge in [0.15, 0.2) is 0 Å². The molecule has 0 saturated carbocycles. The number of piperidine rings is 1. The minimum atomic E-state index is 0.559. The summed E-state index contributed by atoms with van der Waals surface area (Å²) < 4.78 is 5.74. The van der Waals surface area contributed by atoms with Crippen molar-refractivity contribution in [2.45, 2.75) is 12.8 Å². The van der Waals surface area contributed by atoms with Gasteiger partial charge in [0.05, 0.1) is 18.3 Å². The number of hydrogen-bond donors (Lipinski definition) is 0. The van der Waals surface area contributed by atoms with Crippen LogP contribution in [0.4, 0.5) is 5.82 Å². The van der Waals surface area contributed by atoms with Crippen LogP contribution in [0.1, 0.15) is 12.8 Å². The summed E-state index contributed by atoms with van der Waals surface area (Å²) in [6.45, 7) is 2.73. The standard InChI is InChI=1S/C19H20N4O/c1-2-4-17-16(3-1)5-6-18(22-17)23-11-7-15(8-12-23)14-24-19-13-20-9-10-21-19/h1-6,9-10,13,15H,7-8,11-12,14H2. The van der Waals surface area contributed by atoms with E-state index in [0.29, 0.717) is 18.4 Å². The maximum atomic E-state index is 5.74. The lowest BCUT2D eigenvalue weighted by atomic mass is 9.98. The number of hydrogen-bond acceptors (Lipinski definition) is 5. The summed E-state index contributed by atoms with van der Waals surface area (Å²) in [7, 11) is 0. The van der Waals surface area contributed by atoms with Crippen molar-refractivity contribution < 1.29 is 4.74 Å². The molecule has 0 unspecified atom stereocenters. The summed E-state index contributed by atoms with van der Waals surface area (Å²) in [5.74, 6) is 2.24. The Morgan fingerprint density at radius 2 is 1.92 bits per heavy atom. The fraction of sp³-hybridized carbons (Fsp3) is 0.316. The van der Waals surface area contributed by atoms with Gasteiger partial charge in [0.25, 0.3) is 0 Å². The highest BCUT2D eigenvalue weighted by Gasteiger charge is 2.21. The quantitative estimate of drug-likeness (QED) is 0.738. The molecule has 0 N–H and O–H groups in total. The van der Waals surface area contributed by atoms with Crippen LogP contribution in [0.2, 0.25) is 0 Å². The highest BCUT2D eigenvalue weighted by Crippen LogP contribution is 2.24. The molecule has 1 aliphatic rings. The molecule has 0 amide bonds. The molecule has 3 aromatic rings. The Morgan fingerprint density at radius 1 is 1.04 bits per heavy atom. The molecule has 24 heavy (non-hydrogen) atoms. The van der Waals surface area contributed by atoms with Gasteiger partial charge in [0.2, 0.25) is 5.88 Å². The molecule has 5 heteroatoms. The third kappa shape index (κ3) is 3.30. The Labute approximate surface area is 141 Å². The molecule has 0 spiro atoms. The van der Waals surface area contributed by atoms with Gasteiger partial charge in [0, 0.05) is 30.9 Å². The molecule has 2 aromatic heterocycles. The smallest absolute Gasteiger partial charge is 0.232 e. The first-order chi connectivity index (χ1) is 11.9. The van der Waals surface area contributed by atoms with E-state index in [0.717, 1.165) is 37.3 Å². The van der Waals surface area contributed by atoms with Crippen LogP contribution in [0.5, 0.6) is 5.88 Å². The molecule has 1 aromatic carbocycles. The van der Waals surface area contributed by atoms with Gasteiger partial charge in [-0.3, -0.25) is 4.98 Å². The van der Waals surface area contributed by atoms with Crippen LogP contribution < -0.4 is 9.64 Å². The average molecular weight is 320 g/mol. The van der Waals surface area contributed by atoms with E-state index in [-0.39, 0.29) is 0 Å². The fourth-order valence-corrected chi connectivity index (χ4v) is 3.12. The highest BCUT2D eigenvalue weighted by molar-refractivity contribution is 5.80. The molecule has 0 radical (unpaired) electrons. The molecule has 1 aliphatic heterocycles. The molecule has 1 saturated heterocycles. The van der Waals surface area contributed by atoms with Crippen molar-refractivity contribution in [1.82, 2.24) is 15.0 Å². The molecule has 3 heterocycles. The number of aromatic nitrogens is 3. The number of benzene rings is 1. The summed E-state index contributed by atoms with van der Waals surface area (Å²) >= 11 is 0. The van der Waals surface area contributed by atoms with E-state index in [9.17, 15) is 0 Å². The molecular weight excluding hydrogens is 300 g/mol. The normalized spacial score (nSPS) is 15.6. The number of pyridine rings is 1. The van der Waals surface area contributed by atoms with Gasteiger partial charge in [-0.2, -0.15) is 0 Å². The largest absolute Gasteiger partial charge is 0.476 e. The van der Waals surface area contributed by atoms with E-state index in [2.05, 4.69) is 39.1 Å². The molecule has 1 fully saturated rings. The lowest BCUT2D eigenvalue weighted by Gasteiger charge is -2.32. The van der Waals surface area contributed by atoms with Gasteiger partial charge >= 0.3 is 0 Å². The molecule has 4 rings (SSSR count). The van der Waals surface area contributed by atoms with E-state index < -0.39 is 0 Å². The zero-order valence-corrected chi connectivity index (χ0v) is 13.5. The van der Waals surface area contributed by atoms with E-state index >= 15 is 0 Å². The first-order valence-corrected chi connectivity index (χ1v) is 8.38. The Balaban J connectivity index is 1.35. The van der Waals surface area contributed by atoms with Gasteiger partial charge in [0.1, 0.15) is 5.82 Å². The van der Waals surface area contributed by atoms with Crippen molar-refractivity contribution in [3.63, 3.8) is 0 Å². The number of fused-ring (bicyclic) bond motifs is 1. The van der Waals surface area contributed by atoms with Gasteiger partial charge in [-0.05, 0) is 37.0 Å². The minimum absolute atomic E-state index is 0.559. The number of para-hydroxylation sites is 1. The average Bonchev–Trinajstić information content (AvgIpc) is 2.67. The van der Waals surface area contributed by atoms with Crippen LogP contribution >= 0.6 is 0 Å². The lowest BCUT2D eigenvalue weighted by Crippen LogP contribution is -2.36. The number of anilines is 1. The molecule has 0 bridgehead atoms. The Hall–Kier alpha value is -2.69. The zero-order valence-electron chi connectivity index (χ0n) is 13.5. The van der Waals surface area contributed by atoms with E-state index in [1.807, 2.05) is 12.1 Å². The number of nitrogens with zero attached hydrogens (tertiary/aromatic N) is 4. The van der Waals surface area contributed by atoms with Crippen LogP contribution in [0.3, 0.4) is 0 Å². The third-order valence-electron chi connectivity index (χ3n) is 4.53. The first-order valence-electron chi connectivity index (χ1n) is 8.38. The topological polar surface area (TPSA) is 51.1 Å². The monoisotopic (exact) mass is 320 g/mol. The van der Waals surface area contributed by atoms with Gasteiger partial charge in [-0.15, -0.1) is 0 Å². The second kappa shape index (κ2) is 6.83. The summed E-state index contributed by atoms with van der Waals surface area (Å²) in [5.41, 5.74) is 1.06. The summed E-state index contributed by atoms with van der Waals surface area (Å²) in [6.07, 6.45) is 7.18. The predicted octanol–water partition coefficient (Wildman–Crippen LogP) is 3.32. The van der Waals surface area contributed by atoms with Crippen molar-refractivity contribution in [2.75, 3.05) is 24.6 Å². The molecule has 5 nitrogen and oxygen atoms in total. The van der Waals surface area contributed by atoms with Crippen molar-refractivity contribution in [2.24, 2.45) is 5.92 Å². The van der Waals surface area contributed by atoms with Crippen LogP contribution in [-0.2, 0) is 0 Å². The molecule has 0 aliphatic carbocycles. The second-order valence-electron chi connectivity index (χ2n) is 6.15. The highest BCUT2D eigenvalue weighted by atomic mass is 16.5. The molecular formula is C19H20N4O. The maximum absolute atomic E-state index is 5.74. The van der Waals surface area contributed by atoms with Crippen molar-refractivity contribution in [1.29, 1.82) is 0 Å². The summed E-state index contributed by atoms with van der Waals surface area (Å²) in [6, 6.07) is 12.5. The van der Waals surface area contributed by atoms with Crippen molar-refractivity contribution in [3.8, 4) is 5.88 Å². The van der Waals surface area contributed by atoms with Gasteiger partial charge in [-0.1, -0.05) is 18.2 Å². The summed E-state index contributed by atoms with van der Waals surface area (Å²) in [5, 5.41) is 1.19. The summed E-state index contributed by atoms with van der Waals surface area (Å²) in [4.78, 5) is 15.3. The van der Waals surface area contributed by atoms with Gasteiger partial charge < -0.3 is 9.64 Å². The number of rotatable bonds is 4. The maximum Gasteiger partial charge on any atom is 0.232 e. The third-order valence-corrected chi connectivity index (χ3v) is 4.53. The fourth-order valence-electron chi connectivity index (χ4n) is 3.12. The zero-order chi connectivity index (χ0) is 16.2. The SMILES string of the molecule is c1ccc2nc(N3CCC(COc4cnccn4)CC3)ccc2c1. The first kappa shape index (κ1) is 14.9. The van der Waals surface area contributed by atoms with E-state index in [1.54, 1.807) is 18.6 Å². The van der Waals surface area contributed by atoms with Crippen LogP contribution in [0.15, 0.2) is 55.0 Å². The lowest BCUT2D eigenvalue weighted by molar-refractivity contribution is 0.215. The predicted molar refractivity (Wildman–Crippen MR) is 94.2 cm³/mol. The Morgan fingerprint density at radius 3 is 2.75 bits per heavy atom. The molecule has 122 valence electrons. The van der Waals surface area contributed by atoms with Crippen LogP contribution in [0.25, 0.3) is 10.9 Å². The van der Waals surface area contributed by atoms with E-state index in [4.69, 9.17) is 9.72 Å². The van der Waals surface area contributed by atoms with Crippen LogP contribution in [0, 0.1) is 5.92 Å². The van der Waals surface area contributed by atoms with Crippen molar-refractivity contribution >= 4 is 16.7 Å².